The molecule has 178 valence electrons. The third-order valence-corrected chi connectivity index (χ3v) is 6.98. The number of benzene rings is 3. The highest BCUT2D eigenvalue weighted by molar-refractivity contribution is 7.92. The van der Waals surface area contributed by atoms with Gasteiger partial charge in [-0.05, 0) is 43.3 Å². The Bertz CT molecular complexity index is 1310. The first-order valence-electron chi connectivity index (χ1n) is 10.3. The van der Waals surface area contributed by atoms with Crippen molar-refractivity contribution in [2.45, 2.75) is 11.8 Å². The van der Waals surface area contributed by atoms with Gasteiger partial charge in [0.05, 0.1) is 24.8 Å². The van der Waals surface area contributed by atoms with E-state index in [-0.39, 0.29) is 17.4 Å². The van der Waals surface area contributed by atoms with Crippen LogP contribution >= 0.6 is 0 Å². The molecule has 0 bridgehead atoms. The Balaban J connectivity index is 1.65. The quantitative estimate of drug-likeness (QED) is 0.521. The molecule has 3 aromatic carbocycles. The summed E-state index contributed by atoms with van der Waals surface area (Å²) >= 11 is 0. The van der Waals surface area contributed by atoms with Gasteiger partial charge in [-0.25, -0.2) is 8.42 Å². The number of amides is 1. The van der Waals surface area contributed by atoms with Crippen LogP contribution in [0.5, 0.6) is 23.0 Å². The van der Waals surface area contributed by atoms with Crippen molar-refractivity contribution in [2.24, 2.45) is 0 Å². The van der Waals surface area contributed by atoms with Gasteiger partial charge in [-0.1, -0.05) is 17.7 Å². The van der Waals surface area contributed by atoms with Crippen molar-refractivity contribution in [2.75, 3.05) is 37.2 Å². The van der Waals surface area contributed by atoms with Crippen molar-refractivity contribution in [1.29, 1.82) is 0 Å². The third-order valence-electron chi connectivity index (χ3n) is 5.21. The summed E-state index contributed by atoms with van der Waals surface area (Å²) in [6.45, 7) is 1.55. The second kappa shape index (κ2) is 9.52. The normalized spacial score (nSPS) is 12.2. The fraction of sp³-hybridized carbons (Fsp3) is 0.208. The van der Waals surface area contributed by atoms with E-state index in [1.807, 2.05) is 6.92 Å². The van der Waals surface area contributed by atoms with Crippen LogP contribution in [0.15, 0.2) is 65.6 Å². The molecule has 3 aromatic rings. The van der Waals surface area contributed by atoms with Crippen LogP contribution in [0.4, 0.5) is 11.4 Å². The first-order chi connectivity index (χ1) is 16.3. The first kappa shape index (κ1) is 23.2. The Morgan fingerprint density at radius 1 is 0.941 bits per heavy atom. The molecule has 0 fully saturated rings. The number of anilines is 2. The van der Waals surface area contributed by atoms with E-state index in [1.165, 1.54) is 32.4 Å². The maximum Gasteiger partial charge on any atom is 0.264 e. The van der Waals surface area contributed by atoms with Gasteiger partial charge in [-0.15, -0.1) is 0 Å². The maximum absolute atomic E-state index is 13.6. The van der Waals surface area contributed by atoms with Crippen LogP contribution in [0.25, 0.3) is 0 Å². The van der Waals surface area contributed by atoms with Gasteiger partial charge in [0.2, 0.25) is 12.7 Å². The lowest BCUT2D eigenvalue weighted by Gasteiger charge is -2.24. The lowest BCUT2D eigenvalue weighted by Crippen LogP contribution is -2.38. The molecule has 0 spiro atoms. The number of rotatable bonds is 8. The van der Waals surface area contributed by atoms with Crippen molar-refractivity contribution in [3.8, 4) is 23.0 Å². The fourth-order valence-corrected chi connectivity index (χ4v) is 4.87. The highest BCUT2D eigenvalue weighted by Gasteiger charge is 2.28. The van der Waals surface area contributed by atoms with Gasteiger partial charge in [-0.3, -0.25) is 9.10 Å². The number of nitrogens with one attached hydrogen (secondary N) is 1. The smallest absolute Gasteiger partial charge is 0.264 e. The van der Waals surface area contributed by atoms with E-state index in [2.05, 4.69) is 5.32 Å². The largest absolute Gasteiger partial charge is 0.493 e. The molecule has 1 aliphatic rings. The predicted octanol–water partition coefficient (Wildman–Crippen LogP) is 3.57. The van der Waals surface area contributed by atoms with Gasteiger partial charge in [0.25, 0.3) is 10.0 Å². The summed E-state index contributed by atoms with van der Waals surface area (Å²) in [7, 11) is -1.24. The third kappa shape index (κ3) is 4.72. The number of aryl methyl sites for hydroxylation is 1. The van der Waals surface area contributed by atoms with Crippen LogP contribution in [0, 0.1) is 6.92 Å². The lowest BCUT2D eigenvalue weighted by atomic mass is 10.2. The number of sulfonamides is 1. The van der Waals surface area contributed by atoms with Crippen LogP contribution in [0.2, 0.25) is 0 Å². The van der Waals surface area contributed by atoms with Crippen LogP contribution in [0.1, 0.15) is 5.56 Å². The number of carbonyl (C=O) groups excluding carboxylic acids is 1. The highest BCUT2D eigenvalue weighted by atomic mass is 32.2. The Morgan fingerprint density at radius 2 is 1.65 bits per heavy atom. The first-order valence-corrected chi connectivity index (χ1v) is 11.8. The molecular weight excluding hydrogens is 460 g/mol. The number of hydrogen-bond acceptors (Lipinski definition) is 7. The zero-order valence-electron chi connectivity index (χ0n) is 18.9. The predicted molar refractivity (Wildman–Crippen MR) is 126 cm³/mol. The van der Waals surface area contributed by atoms with Crippen molar-refractivity contribution < 1.29 is 32.2 Å². The average molecular weight is 485 g/mol. The molecule has 9 nitrogen and oxygen atoms in total. The molecule has 1 heterocycles. The molecular formula is C24H24N2O7S. The molecule has 4 rings (SSSR count). The van der Waals surface area contributed by atoms with E-state index < -0.39 is 22.5 Å². The topological polar surface area (TPSA) is 103 Å². The standard InChI is InChI=1S/C24H24N2O7S/c1-16-4-7-18(8-5-16)26(34(28,29)19-9-11-20(30-2)22(13-19)31-3)14-24(27)25-17-6-10-21-23(12-17)33-15-32-21/h4-13H,14-15H2,1-3H3,(H,25,27). The summed E-state index contributed by atoms with van der Waals surface area (Å²) in [4.78, 5) is 12.9. The molecule has 0 atom stereocenters. The van der Waals surface area contributed by atoms with E-state index in [4.69, 9.17) is 18.9 Å². The summed E-state index contributed by atoms with van der Waals surface area (Å²) in [5.41, 5.74) is 1.76. The number of fused-ring (bicyclic) bond motifs is 1. The molecule has 1 N–H and O–H groups in total. The van der Waals surface area contributed by atoms with Crippen molar-refractivity contribution in [1.82, 2.24) is 0 Å². The van der Waals surface area contributed by atoms with E-state index in [1.54, 1.807) is 42.5 Å². The number of hydrogen-bond donors (Lipinski definition) is 1. The Kier molecular flexibility index (Phi) is 6.51. The monoisotopic (exact) mass is 484 g/mol. The molecule has 34 heavy (non-hydrogen) atoms. The SMILES string of the molecule is COc1ccc(S(=O)(=O)N(CC(=O)Nc2ccc3c(c2)OCO3)c2ccc(C)cc2)cc1OC. The number of carbonyl (C=O) groups is 1. The average Bonchev–Trinajstić information content (AvgIpc) is 3.30. The zero-order valence-corrected chi connectivity index (χ0v) is 19.7. The molecule has 1 aliphatic heterocycles. The lowest BCUT2D eigenvalue weighted by molar-refractivity contribution is -0.114. The van der Waals surface area contributed by atoms with Gasteiger partial charge in [-0.2, -0.15) is 0 Å². The number of ether oxygens (including phenoxy) is 4. The van der Waals surface area contributed by atoms with Crippen LogP contribution < -0.4 is 28.6 Å². The summed E-state index contributed by atoms with van der Waals surface area (Å²) in [6, 6.07) is 16.1. The van der Waals surface area contributed by atoms with E-state index >= 15 is 0 Å². The summed E-state index contributed by atoms with van der Waals surface area (Å²) < 4.78 is 49.4. The molecule has 0 unspecified atom stereocenters. The summed E-state index contributed by atoms with van der Waals surface area (Å²) in [5, 5.41) is 2.72. The van der Waals surface area contributed by atoms with Crippen LogP contribution in [-0.4, -0.2) is 41.9 Å². The maximum atomic E-state index is 13.6. The van der Waals surface area contributed by atoms with Crippen molar-refractivity contribution in [3.05, 3.63) is 66.2 Å². The van der Waals surface area contributed by atoms with Gasteiger partial charge < -0.3 is 24.3 Å². The van der Waals surface area contributed by atoms with E-state index in [9.17, 15) is 13.2 Å². The van der Waals surface area contributed by atoms with E-state index in [0.717, 1.165) is 9.87 Å². The Labute approximate surface area is 197 Å². The molecule has 0 aliphatic carbocycles. The molecule has 1 amide bonds. The molecule has 0 saturated carbocycles. The van der Waals surface area contributed by atoms with E-state index in [0.29, 0.717) is 28.6 Å². The van der Waals surface area contributed by atoms with Crippen LogP contribution in [0.3, 0.4) is 0 Å². The molecule has 0 saturated heterocycles. The van der Waals surface area contributed by atoms with Gasteiger partial charge in [0.1, 0.15) is 6.54 Å². The number of methoxy groups -OCH3 is 2. The van der Waals surface area contributed by atoms with Crippen molar-refractivity contribution >= 4 is 27.3 Å². The summed E-state index contributed by atoms with van der Waals surface area (Å²) in [6.07, 6.45) is 0. The van der Waals surface area contributed by atoms with Gasteiger partial charge >= 0.3 is 0 Å². The minimum absolute atomic E-state index is 0.0402. The van der Waals surface area contributed by atoms with Gasteiger partial charge in [0, 0.05) is 17.8 Å². The fourth-order valence-electron chi connectivity index (χ4n) is 3.44. The summed E-state index contributed by atoms with van der Waals surface area (Å²) in [5.74, 6) is 1.21. The molecule has 10 heteroatoms. The second-order valence-corrected chi connectivity index (χ2v) is 9.34. The van der Waals surface area contributed by atoms with Crippen LogP contribution in [-0.2, 0) is 14.8 Å². The number of nitrogens with zero attached hydrogens (tertiary/aromatic N) is 1. The zero-order chi connectivity index (χ0) is 24.3. The highest BCUT2D eigenvalue weighted by Crippen LogP contribution is 2.35. The second-order valence-electron chi connectivity index (χ2n) is 7.48. The molecule has 0 aromatic heterocycles. The van der Waals surface area contributed by atoms with Crippen molar-refractivity contribution in [3.63, 3.8) is 0 Å². The minimum Gasteiger partial charge on any atom is -0.493 e. The Morgan fingerprint density at radius 3 is 2.35 bits per heavy atom. The molecule has 0 radical (unpaired) electrons. The van der Waals surface area contributed by atoms with Gasteiger partial charge in [0.15, 0.2) is 23.0 Å². The Hall–Kier alpha value is -3.92. The minimum atomic E-state index is -4.13.